The second-order valence-electron chi connectivity index (χ2n) is 5.54. The van der Waals surface area contributed by atoms with Gasteiger partial charge in [-0.1, -0.05) is 6.07 Å². The Hall–Kier alpha value is -1.26. The average molecular weight is 247 g/mol. The normalized spacial score (nSPS) is 36.9. The fourth-order valence-corrected chi connectivity index (χ4v) is 3.53. The van der Waals surface area contributed by atoms with Crippen LogP contribution in [0.2, 0.25) is 0 Å². The van der Waals surface area contributed by atoms with Crippen LogP contribution < -0.4 is 9.47 Å². The second-order valence-corrected chi connectivity index (χ2v) is 5.54. The molecule has 1 N–H and O–H groups in total. The Morgan fingerprint density at radius 1 is 1.17 bits per heavy atom. The molecule has 0 saturated carbocycles. The lowest BCUT2D eigenvalue weighted by atomic mass is 9.71. The summed E-state index contributed by atoms with van der Waals surface area (Å²) in [6, 6.07) is 5.84. The van der Waals surface area contributed by atoms with Crippen molar-refractivity contribution in [1.82, 2.24) is 4.90 Å². The first-order chi connectivity index (χ1) is 8.75. The van der Waals surface area contributed by atoms with Gasteiger partial charge in [-0.05, 0) is 49.5 Å². The van der Waals surface area contributed by atoms with E-state index in [1.165, 1.54) is 0 Å². The molecule has 4 heteroatoms. The van der Waals surface area contributed by atoms with Gasteiger partial charge in [0, 0.05) is 6.54 Å². The summed E-state index contributed by atoms with van der Waals surface area (Å²) in [5, 5.41) is 11.0. The fraction of sp³-hybridized carbons (Fsp3) is 0.571. The van der Waals surface area contributed by atoms with E-state index >= 15 is 0 Å². The van der Waals surface area contributed by atoms with Crippen LogP contribution in [-0.2, 0) is 5.60 Å². The number of hydrogen-bond acceptors (Lipinski definition) is 4. The molecule has 0 aliphatic carbocycles. The maximum atomic E-state index is 11.0. The molecule has 1 unspecified atom stereocenters. The molecule has 4 aliphatic heterocycles. The number of piperidine rings is 3. The molecule has 0 radical (unpaired) electrons. The molecule has 1 aromatic carbocycles. The molecular formula is C14H17NO3. The highest BCUT2D eigenvalue weighted by atomic mass is 16.7. The predicted octanol–water partition coefficient (Wildman–Crippen LogP) is 1.33. The van der Waals surface area contributed by atoms with Gasteiger partial charge in [-0.25, -0.2) is 0 Å². The van der Waals surface area contributed by atoms with Crippen molar-refractivity contribution in [3.05, 3.63) is 23.8 Å². The molecule has 5 rings (SSSR count). The zero-order chi connectivity index (χ0) is 12.2. The lowest BCUT2D eigenvalue weighted by Crippen LogP contribution is -2.57. The van der Waals surface area contributed by atoms with Crippen LogP contribution in [0.1, 0.15) is 18.4 Å². The number of ether oxygens (including phenoxy) is 2. The van der Waals surface area contributed by atoms with Gasteiger partial charge in [0.15, 0.2) is 11.5 Å². The second kappa shape index (κ2) is 3.62. The van der Waals surface area contributed by atoms with Gasteiger partial charge in [0.05, 0.1) is 0 Å². The zero-order valence-corrected chi connectivity index (χ0v) is 10.3. The maximum absolute atomic E-state index is 11.0. The van der Waals surface area contributed by atoms with E-state index in [1.54, 1.807) is 0 Å². The first kappa shape index (κ1) is 10.6. The predicted molar refractivity (Wildman–Crippen MR) is 65.6 cm³/mol. The van der Waals surface area contributed by atoms with Crippen molar-refractivity contribution in [3.8, 4) is 11.5 Å². The third-order valence-electron chi connectivity index (χ3n) is 4.60. The number of hydrogen-bond donors (Lipinski definition) is 1. The molecule has 0 spiro atoms. The smallest absolute Gasteiger partial charge is 0.231 e. The van der Waals surface area contributed by atoms with E-state index in [4.69, 9.17) is 9.47 Å². The molecule has 0 amide bonds. The van der Waals surface area contributed by atoms with Crippen LogP contribution in [0, 0.1) is 5.92 Å². The third-order valence-corrected chi connectivity index (χ3v) is 4.60. The Bertz CT molecular complexity index is 482. The van der Waals surface area contributed by atoms with Crippen molar-refractivity contribution in [3.63, 3.8) is 0 Å². The number of benzene rings is 1. The van der Waals surface area contributed by atoms with Crippen molar-refractivity contribution in [2.24, 2.45) is 5.92 Å². The monoisotopic (exact) mass is 247 g/mol. The van der Waals surface area contributed by atoms with Crippen LogP contribution in [0.15, 0.2) is 18.2 Å². The van der Waals surface area contributed by atoms with E-state index < -0.39 is 5.60 Å². The Morgan fingerprint density at radius 3 is 2.67 bits per heavy atom. The zero-order valence-electron chi connectivity index (χ0n) is 10.3. The highest BCUT2D eigenvalue weighted by Gasteiger charge is 2.46. The van der Waals surface area contributed by atoms with Crippen molar-refractivity contribution < 1.29 is 14.6 Å². The van der Waals surface area contributed by atoms with Gasteiger partial charge >= 0.3 is 0 Å². The van der Waals surface area contributed by atoms with Crippen LogP contribution in [0.4, 0.5) is 0 Å². The van der Waals surface area contributed by atoms with E-state index in [1.807, 2.05) is 18.2 Å². The van der Waals surface area contributed by atoms with Crippen LogP contribution in [0.5, 0.6) is 11.5 Å². The minimum atomic E-state index is -0.711. The van der Waals surface area contributed by atoms with Gasteiger partial charge in [0.1, 0.15) is 5.60 Å². The maximum Gasteiger partial charge on any atom is 0.231 e. The molecule has 18 heavy (non-hydrogen) atoms. The van der Waals surface area contributed by atoms with Gasteiger partial charge < -0.3 is 19.5 Å². The molecular weight excluding hydrogens is 230 g/mol. The molecule has 4 heterocycles. The summed E-state index contributed by atoms with van der Waals surface area (Å²) >= 11 is 0. The van der Waals surface area contributed by atoms with Crippen molar-refractivity contribution in [1.29, 1.82) is 0 Å². The van der Waals surface area contributed by atoms with Crippen LogP contribution >= 0.6 is 0 Å². The molecule has 0 aromatic heterocycles. The van der Waals surface area contributed by atoms with Crippen LogP contribution in [0.3, 0.4) is 0 Å². The van der Waals surface area contributed by atoms with Gasteiger partial charge in [0.2, 0.25) is 6.79 Å². The summed E-state index contributed by atoms with van der Waals surface area (Å²) in [7, 11) is 0. The van der Waals surface area contributed by atoms with E-state index in [-0.39, 0.29) is 6.79 Å². The Balaban J connectivity index is 1.73. The first-order valence-electron chi connectivity index (χ1n) is 6.60. The van der Waals surface area contributed by atoms with E-state index in [0.29, 0.717) is 5.92 Å². The SMILES string of the molecule is OC1(c2ccc3c(c2)OCO3)CN2CCC1CC2. The first-order valence-corrected chi connectivity index (χ1v) is 6.60. The largest absolute Gasteiger partial charge is 0.454 e. The van der Waals surface area contributed by atoms with E-state index in [9.17, 15) is 5.11 Å². The molecule has 3 saturated heterocycles. The number of fused-ring (bicyclic) bond motifs is 4. The summed E-state index contributed by atoms with van der Waals surface area (Å²) in [5.74, 6) is 1.92. The molecule has 1 aromatic rings. The number of nitrogens with zero attached hydrogens (tertiary/aromatic N) is 1. The van der Waals surface area contributed by atoms with Gasteiger partial charge in [-0.2, -0.15) is 0 Å². The van der Waals surface area contributed by atoms with E-state index in [2.05, 4.69) is 4.90 Å². The van der Waals surface area contributed by atoms with Crippen LogP contribution in [0.25, 0.3) is 0 Å². The molecule has 4 nitrogen and oxygen atoms in total. The molecule has 96 valence electrons. The van der Waals surface area contributed by atoms with Crippen molar-refractivity contribution in [2.45, 2.75) is 18.4 Å². The molecule has 1 atom stereocenters. The minimum absolute atomic E-state index is 0.284. The van der Waals surface area contributed by atoms with Gasteiger partial charge in [-0.15, -0.1) is 0 Å². The van der Waals surface area contributed by atoms with Crippen molar-refractivity contribution in [2.75, 3.05) is 26.4 Å². The third kappa shape index (κ3) is 1.39. The average Bonchev–Trinajstić information content (AvgIpc) is 2.87. The number of aliphatic hydroxyl groups is 1. The summed E-state index contributed by atoms with van der Waals surface area (Å²) in [6.07, 6.45) is 2.18. The fourth-order valence-electron chi connectivity index (χ4n) is 3.53. The molecule has 3 fully saturated rings. The highest BCUT2D eigenvalue weighted by molar-refractivity contribution is 5.46. The van der Waals surface area contributed by atoms with Gasteiger partial charge in [-0.3, -0.25) is 0 Å². The highest BCUT2D eigenvalue weighted by Crippen LogP contribution is 2.45. The number of rotatable bonds is 1. The summed E-state index contributed by atoms with van der Waals surface area (Å²) < 4.78 is 10.7. The summed E-state index contributed by atoms with van der Waals surface area (Å²) in [4.78, 5) is 2.35. The Morgan fingerprint density at radius 2 is 1.94 bits per heavy atom. The van der Waals surface area contributed by atoms with E-state index in [0.717, 1.165) is 49.5 Å². The van der Waals surface area contributed by atoms with Gasteiger partial charge in [0.25, 0.3) is 0 Å². The van der Waals surface area contributed by atoms with Crippen LogP contribution in [-0.4, -0.2) is 36.4 Å². The van der Waals surface area contributed by atoms with Crippen molar-refractivity contribution >= 4 is 0 Å². The molecule has 4 aliphatic rings. The lowest BCUT2D eigenvalue weighted by molar-refractivity contribution is -0.117. The quantitative estimate of drug-likeness (QED) is 0.813. The molecule has 2 bridgehead atoms. The minimum Gasteiger partial charge on any atom is -0.454 e. The standard InChI is InChI=1S/C14H17NO3/c16-14(8-15-5-3-10(14)4-6-15)11-1-2-12-13(7-11)18-9-17-12/h1-2,7,10,16H,3-6,8-9H2. The Kier molecular flexibility index (Phi) is 2.14. The topological polar surface area (TPSA) is 41.9 Å². The Labute approximate surface area is 106 Å². The summed E-state index contributed by atoms with van der Waals surface area (Å²) in [5.41, 5.74) is 0.262. The summed E-state index contributed by atoms with van der Waals surface area (Å²) in [6.45, 7) is 3.28. The lowest BCUT2D eigenvalue weighted by Gasteiger charge is -2.50.